The standard InChI is InChI=1S/C14H16N2/c15-9-14(16-13-7-8-13)12-5-3-11(4-6-12)10-1-2-10/h3-6,10,13-14,16H,1-2,7-8H2. The summed E-state index contributed by atoms with van der Waals surface area (Å²) in [5.41, 5.74) is 2.55. The summed E-state index contributed by atoms with van der Waals surface area (Å²) in [6, 6.07) is 11.4. The van der Waals surface area contributed by atoms with Gasteiger partial charge in [-0.05, 0) is 42.7 Å². The fourth-order valence-corrected chi connectivity index (χ4v) is 2.07. The Balaban J connectivity index is 1.73. The average Bonchev–Trinajstić information content (AvgIpc) is 3.18. The molecule has 2 aliphatic carbocycles. The Hall–Kier alpha value is -1.33. The number of benzene rings is 1. The second kappa shape index (κ2) is 3.92. The third-order valence-corrected chi connectivity index (χ3v) is 3.43. The van der Waals surface area contributed by atoms with Crippen LogP contribution < -0.4 is 5.32 Å². The highest BCUT2D eigenvalue weighted by Crippen LogP contribution is 2.40. The normalized spacial score (nSPS) is 21.4. The Morgan fingerprint density at radius 3 is 2.31 bits per heavy atom. The third kappa shape index (κ3) is 2.10. The summed E-state index contributed by atoms with van der Waals surface area (Å²) in [6.07, 6.45) is 5.11. The van der Waals surface area contributed by atoms with Crippen molar-refractivity contribution in [2.45, 2.75) is 43.7 Å². The molecule has 82 valence electrons. The van der Waals surface area contributed by atoms with Gasteiger partial charge in [-0.25, -0.2) is 0 Å². The molecule has 2 aliphatic rings. The summed E-state index contributed by atoms with van der Waals surface area (Å²) in [6.45, 7) is 0. The van der Waals surface area contributed by atoms with Crippen molar-refractivity contribution in [1.82, 2.24) is 5.32 Å². The van der Waals surface area contributed by atoms with E-state index in [1.54, 1.807) is 0 Å². The molecule has 1 atom stereocenters. The van der Waals surface area contributed by atoms with Crippen LogP contribution in [-0.2, 0) is 0 Å². The maximum Gasteiger partial charge on any atom is 0.121 e. The van der Waals surface area contributed by atoms with Crippen molar-refractivity contribution in [1.29, 1.82) is 5.26 Å². The van der Waals surface area contributed by atoms with Crippen molar-refractivity contribution < 1.29 is 0 Å². The topological polar surface area (TPSA) is 35.8 Å². The monoisotopic (exact) mass is 212 g/mol. The van der Waals surface area contributed by atoms with Gasteiger partial charge in [-0.15, -0.1) is 0 Å². The molecular weight excluding hydrogens is 196 g/mol. The van der Waals surface area contributed by atoms with E-state index in [0.717, 1.165) is 11.5 Å². The molecule has 2 heteroatoms. The van der Waals surface area contributed by atoms with Gasteiger partial charge in [0.05, 0.1) is 6.07 Å². The summed E-state index contributed by atoms with van der Waals surface area (Å²) in [5, 5.41) is 12.5. The van der Waals surface area contributed by atoms with Crippen molar-refractivity contribution in [2.75, 3.05) is 0 Å². The molecule has 16 heavy (non-hydrogen) atoms. The molecule has 2 saturated carbocycles. The maximum atomic E-state index is 9.13. The van der Waals surface area contributed by atoms with Crippen molar-refractivity contribution in [3.63, 3.8) is 0 Å². The van der Waals surface area contributed by atoms with Crippen LogP contribution in [0.15, 0.2) is 24.3 Å². The molecule has 0 aliphatic heterocycles. The van der Waals surface area contributed by atoms with Gasteiger partial charge < -0.3 is 0 Å². The minimum Gasteiger partial charge on any atom is -0.295 e. The molecule has 1 N–H and O–H groups in total. The summed E-state index contributed by atoms with van der Waals surface area (Å²) in [5.74, 6) is 0.797. The van der Waals surface area contributed by atoms with E-state index in [2.05, 4.69) is 35.7 Å². The van der Waals surface area contributed by atoms with E-state index in [1.807, 2.05) is 0 Å². The molecule has 1 aromatic rings. The number of hydrogen-bond donors (Lipinski definition) is 1. The largest absolute Gasteiger partial charge is 0.295 e. The lowest BCUT2D eigenvalue weighted by atomic mass is 10.0. The van der Waals surface area contributed by atoms with Crippen LogP contribution in [0.4, 0.5) is 0 Å². The zero-order valence-electron chi connectivity index (χ0n) is 9.32. The molecule has 2 fully saturated rings. The summed E-state index contributed by atoms with van der Waals surface area (Å²) >= 11 is 0. The molecule has 0 heterocycles. The van der Waals surface area contributed by atoms with Gasteiger partial charge in [-0.2, -0.15) is 5.26 Å². The van der Waals surface area contributed by atoms with Gasteiger partial charge in [-0.1, -0.05) is 24.3 Å². The second-order valence-corrected chi connectivity index (χ2v) is 4.94. The first kappa shape index (κ1) is 9.86. The van der Waals surface area contributed by atoms with Crippen molar-refractivity contribution in [2.24, 2.45) is 0 Å². The summed E-state index contributed by atoms with van der Waals surface area (Å²) in [4.78, 5) is 0. The fraction of sp³-hybridized carbons (Fsp3) is 0.500. The number of hydrogen-bond acceptors (Lipinski definition) is 2. The molecule has 0 saturated heterocycles. The van der Waals surface area contributed by atoms with Gasteiger partial charge in [0.15, 0.2) is 0 Å². The van der Waals surface area contributed by atoms with Gasteiger partial charge in [0.1, 0.15) is 6.04 Å². The Labute approximate surface area is 96.3 Å². The molecule has 1 aromatic carbocycles. The molecule has 3 rings (SSSR count). The van der Waals surface area contributed by atoms with E-state index < -0.39 is 0 Å². The average molecular weight is 212 g/mol. The molecule has 0 spiro atoms. The van der Waals surface area contributed by atoms with Gasteiger partial charge in [-0.3, -0.25) is 5.32 Å². The second-order valence-electron chi connectivity index (χ2n) is 4.94. The highest BCUT2D eigenvalue weighted by molar-refractivity contribution is 5.32. The van der Waals surface area contributed by atoms with E-state index in [4.69, 9.17) is 5.26 Å². The number of nitriles is 1. The lowest BCUT2D eigenvalue weighted by molar-refractivity contribution is 0.626. The zero-order valence-corrected chi connectivity index (χ0v) is 9.32. The first-order chi connectivity index (χ1) is 7.86. The number of nitrogens with one attached hydrogen (secondary N) is 1. The van der Waals surface area contributed by atoms with Crippen molar-refractivity contribution >= 4 is 0 Å². The Kier molecular flexibility index (Phi) is 2.41. The number of nitrogens with zero attached hydrogens (tertiary/aromatic N) is 1. The minimum absolute atomic E-state index is 0.124. The van der Waals surface area contributed by atoms with E-state index in [9.17, 15) is 0 Å². The van der Waals surface area contributed by atoms with Crippen LogP contribution in [0.2, 0.25) is 0 Å². The first-order valence-electron chi connectivity index (χ1n) is 6.12. The molecule has 0 radical (unpaired) electrons. The Bertz CT molecular complexity index is 407. The third-order valence-electron chi connectivity index (χ3n) is 3.43. The van der Waals surface area contributed by atoms with Gasteiger partial charge in [0, 0.05) is 6.04 Å². The Morgan fingerprint density at radius 1 is 1.12 bits per heavy atom. The Morgan fingerprint density at radius 2 is 1.81 bits per heavy atom. The van der Waals surface area contributed by atoms with Crippen LogP contribution in [0.1, 0.15) is 48.8 Å². The zero-order chi connectivity index (χ0) is 11.0. The van der Waals surface area contributed by atoms with Crippen molar-refractivity contribution in [3.8, 4) is 6.07 Å². The molecule has 0 aromatic heterocycles. The molecular formula is C14H16N2. The molecule has 0 bridgehead atoms. The highest BCUT2D eigenvalue weighted by Gasteiger charge is 2.26. The van der Waals surface area contributed by atoms with Crippen LogP contribution >= 0.6 is 0 Å². The summed E-state index contributed by atoms with van der Waals surface area (Å²) < 4.78 is 0. The van der Waals surface area contributed by atoms with Crippen molar-refractivity contribution in [3.05, 3.63) is 35.4 Å². The SMILES string of the molecule is N#CC(NC1CC1)c1ccc(C2CC2)cc1. The quantitative estimate of drug-likeness (QED) is 0.833. The van der Waals surface area contributed by atoms with E-state index >= 15 is 0 Å². The predicted molar refractivity (Wildman–Crippen MR) is 62.9 cm³/mol. The lowest BCUT2D eigenvalue weighted by Gasteiger charge is -2.11. The predicted octanol–water partition coefficient (Wildman–Crippen LogP) is 2.88. The highest BCUT2D eigenvalue weighted by atomic mass is 15.0. The van der Waals surface area contributed by atoms with Gasteiger partial charge >= 0.3 is 0 Å². The van der Waals surface area contributed by atoms with Crippen LogP contribution in [0, 0.1) is 11.3 Å². The van der Waals surface area contributed by atoms with Gasteiger partial charge in [0.2, 0.25) is 0 Å². The summed E-state index contributed by atoms with van der Waals surface area (Å²) in [7, 11) is 0. The van der Waals surface area contributed by atoms with Crippen LogP contribution in [0.5, 0.6) is 0 Å². The van der Waals surface area contributed by atoms with Crippen LogP contribution in [0.25, 0.3) is 0 Å². The van der Waals surface area contributed by atoms with E-state index in [-0.39, 0.29) is 6.04 Å². The maximum absolute atomic E-state index is 9.13. The molecule has 0 amide bonds. The number of rotatable bonds is 4. The lowest BCUT2D eigenvalue weighted by Crippen LogP contribution is -2.21. The molecule has 1 unspecified atom stereocenters. The van der Waals surface area contributed by atoms with Gasteiger partial charge in [0.25, 0.3) is 0 Å². The van der Waals surface area contributed by atoms with Crippen LogP contribution in [0.3, 0.4) is 0 Å². The van der Waals surface area contributed by atoms with E-state index in [1.165, 1.54) is 31.2 Å². The smallest absolute Gasteiger partial charge is 0.121 e. The molecule has 2 nitrogen and oxygen atoms in total. The minimum atomic E-state index is -0.124. The first-order valence-corrected chi connectivity index (χ1v) is 6.12. The fourth-order valence-electron chi connectivity index (χ4n) is 2.07. The van der Waals surface area contributed by atoms with Crippen LogP contribution in [-0.4, -0.2) is 6.04 Å². The van der Waals surface area contributed by atoms with E-state index in [0.29, 0.717) is 6.04 Å².